The predicted octanol–water partition coefficient (Wildman–Crippen LogP) is 4.77. The van der Waals surface area contributed by atoms with Gasteiger partial charge in [0.2, 0.25) is 5.91 Å². The van der Waals surface area contributed by atoms with E-state index in [4.69, 9.17) is 0 Å². The number of amides is 2. The van der Waals surface area contributed by atoms with Gasteiger partial charge in [0.05, 0.1) is 12.5 Å². The maximum Gasteiger partial charge on any atom is 0.251 e. The van der Waals surface area contributed by atoms with E-state index >= 15 is 0 Å². The van der Waals surface area contributed by atoms with Crippen molar-refractivity contribution in [3.8, 4) is 5.82 Å². The van der Waals surface area contributed by atoms with Crippen LogP contribution in [-0.2, 0) is 41.8 Å². The molecule has 0 fully saturated rings. The summed E-state index contributed by atoms with van der Waals surface area (Å²) < 4.78 is 24.1. The molecule has 0 aliphatic carbocycles. The Morgan fingerprint density at radius 3 is 2.12 bits per heavy atom. The molecule has 3 aromatic carbocycles. The van der Waals surface area contributed by atoms with Crippen molar-refractivity contribution in [2.75, 3.05) is 6.54 Å². The third kappa shape index (κ3) is 10.1. The maximum absolute atomic E-state index is 12.7. The van der Waals surface area contributed by atoms with E-state index in [-0.39, 0.29) is 35.7 Å². The number of pyridine rings is 1. The first-order chi connectivity index (χ1) is 24.0. The summed E-state index contributed by atoms with van der Waals surface area (Å²) in [6.07, 6.45) is 2.02. The lowest BCUT2D eigenvalue weighted by molar-refractivity contribution is -0.120. The Bertz CT molecular complexity index is 1900. The molecule has 1 unspecified atom stereocenters. The number of nitrogens with one attached hydrogen (secondary N) is 3. The molecule has 5 rings (SSSR count). The van der Waals surface area contributed by atoms with Crippen LogP contribution < -0.4 is 16.0 Å². The largest absolute Gasteiger partial charge is 0.768 e. The van der Waals surface area contributed by atoms with Gasteiger partial charge in [0.25, 0.3) is 5.91 Å². The molecule has 5 aromatic rings. The molecule has 0 saturated carbocycles. The van der Waals surface area contributed by atoms with Crippen molar-refractivity contribution >= 4 is 22.9 Å². The van der Waals surface area contributed by atoms with Crippen LogP contribution in [0.5, 0.6) is 0 Å². The number of carbonyl (C=O) groups is 2. The SMILES string of the molecule is Cc1ccc(C)n1-c1ccc([C@@H](O)CN[C@H](C)Cc2cccc(CC(=O)NCc3ccc(C(=O)NCc4ccc(S(=O)[O-])cc4)cc3)c2)cn1. The van der Waals surface area contributed by atoms with Crippen LogP contribution in [-0.4, -0.2) is 47.8 Å². The lowest BCUT2D eigenvalue weighted by Crippen LogP contribution is -2.32. The highest BCUT2D eigenvalue weighted by Crippen LogP contribution is 2.18. The van der Waals surface area contributed by atoms with Crippen LogP contribution in [0.15, 0.2) is 108 Å². The quantitative estimate of drug-likeness (QED) is 0.116. The number of hydrogen-bond donors (Lipinski definition) is 4. The van der Waals surface area contributed by atoms with Crippen LogP contribution >= 0.6 is 0 Å². The van der Waals surface area contributed by atoms with Crippen LogP contribution in [0.2, 0.25) is 0 Å². The van der Waals surface area contributed by atoms with E-state index in [1.807, 2.05) is 50.2 Å². The summed E-state index contributed by atoms with van der Waals surface area (Å²) in [6.45, 7) is 7.14. The Kier molecular flexibility index (Phi) is 12.5. The van der Waals surface area contributed by atoms with E-state index in [0.29, 0.717) is 18.7 Å². The second kappa shape index (κ2) is 17.1. The molecule has 260 valence electrons. The molecule has 50 heavy (non-hydrogen) atoms. The predicted molar refractivity (Wildman–Crippen MR) is 192 cm³/mol. The molecule has 2 aromatic heterocycles. The molecule has 2 heterocycles. The summed E-state index contributed by atoms with van der Waals surface area (Å²) in [5.41, 5.74) is 7.11. The Morgan fingerprint density at radius 1 is 0.840 bits per heavy atom. The number of rotatable bonds is 15. The van der Waals surface area contributed by atoms with Gasteiger partial charge >= 0.3 is 0 Å². The van der Waals surface area contributed by atoms with Gasteiger partial charge in [-0.1, -0.05) is 54.6 Å². The minimum absolute atomic E-state index is 0.0976. The van der Waals surface area contributed by atoms with Gasteiger partial charge in [0.1, 0.15) is 5.82 Å². The maximum atomic E-state index is 12.7. The molecule has 0 aliphatic heterocycles. The molecule has 0 spiro atoms. The van der Waals surface area contributed by atoms with Gasteiger partial charge in [-0.05, 0) is 103 Å². The Morgan fingerprint density at radius 2 is 1.48 bits per heavy atom. The van der Waals surface area contributed by atoms with Crippen LogP contribution in [0.3, 0.4) is 0 Å². The highest BCUT2D eigenvalue weighted by Gasteiger charge is 2.13. The molecule has 0 saturated heterocycles. The average Bonchev–Trinajstić information content (AvgIpc) is 3.46. The smallest absolute Gasteiger partial charge is 0.251 e. The molecular formula is C39H42N5O5S-. The molecule has 2 amide bonds. The van der Waals surface area contributed by atoms with Gasteiger partial charge < -0.3 is 30.2 Å². The Hall–Kier alpha value is -4.94. The second-order valence-corrected chi connectivity index (χ2v) is 13.4. The number of nitrogens with zero attached hydrogens (tertiary/aromatic N) is 2. The van der Waals surface area contributed by atoms with Gasteiger partial charge in [-0.25, -0.2) is 4.98 Å². The fourth-order valence-corrected chi connectivity index (χ4v) is 6.06. The van der Waals surface area contributed by atoms with Gasteiger partial charge in [-0.2, -0.15) is 0 Å². The van der Waals surface area contributed by atoms with E-state index in [0.717, 1.165) is 51.4 Å². The zero-order valence-corrected chi connectivity index (χ0v) is 29.2. The normalized spacial score (nSPS) is 13.0. The number of aliphatic hydroxyl groups is 1. The average molecular weight is 693 g/mol. The molecule has 0 bridgehead atoms. The molecule has 0 radical (unpaired) electrons. The molecular weight excluding hydrogens is 651 g/mol. The second-order valence-electron chi connectivity index (χ2n) is 12.5. The fourth-order valence-electron chi connectivity index (χ4n) is 5.71. The first-order valence-corrected chi connectivity index (χ1v) is 17.6. The highest BCUT2D eigenvalue weighted by atomic mass is 32.2. The Labute approximate surface area is 295 Å². The summed E-state index contributed by atoms with van der Waals surface area (Å²) >= 11 is -2.29. The highest BCUT2D eigenvalue weighted by molar-refractivity contribution is 7.79. The minimum Gasteiger partial charge on any atom is -0.768 e. The van der Waals surface area contributed by atoms with E-state index in [9.17, 15) is 23.5 Å². The van der Waals surface area contributed by atoms with Crippen LogP contribution in [0.4, 0.5) is 0 Å². The van der Waals surface area contributed by atoms with Crippen molar-refractivity contribution in [2.24, 2.45) is 0 Å². The molecule has 10 nitrogen and oxygen atoms in total. The summed E-state index contributed by atoms with van der Waals surface area (Å²) in [7, 11) is 0. The molecule has 3 atom stereocenters. The van der Waals surface area contributed by atoms with Gasteiger partial charge in [-0.15, -0.1) is 0 Å². The molecule has 0 aliphatic rings. The van der Waals surface area contributed by atoms with Crippen molar-refractivity contribution in [3.63, 3.8) is 0 Å². The minimum atomic E-state index is -2.29. The van der Waals surface area contributed by atoms with Gasteiger partial charge in [-0.3, -0.25) is 13.8 Å². The molecule has 11 heteroatoms. The third-order valence-electron chi connectivity index (χ3n) is 8.49. The van der Waals surface area contributed by atoms with Crippen molar-refractivity contribution < 1.29 is 23.5 Å². The van der Waals surface area contributed by atoms with Crippen molar-refractivity contribution in [2.45, 2.75) is 63.7 Å². The standard InChI is InChI=1S/C39H43N5O5S/c1-26(40-25-36(45)34-15-18-37(41-24-34)44-27(2)7-8-28(44)3)19-31-5-4-6-32(20-31)21-38(46)42-22-29-9-13-33(14-10-29)39(47)43-23-30-11-16-35(17-12-30)50(48)49/h4-18,20,24,26,36,40,45H,19,21-23,25H2,1-3H3,(H,42,46)(H,43,47)(H,48,49)/p-1/t26-,36+/m1/s1. The number of carbonyl (C=O) groups excluding carboxylic acids is 2. The zero-order chi connectivity index (χ0) is 35.6. The van der Waals surface area contributed by atoms with E-state index < -0.39 is 17.2 Å². The zero-order valence-electron chi connectivity index (χ0n) is 28.4. The van der Waals surface area contributed by atoms with Crippen molar-refractivity contribution in [1.29, 1.82) is 0 Å². The molecule has 4 N–H and O–H groups in total. The number of aryl methyl sites for hydroxylation is 2. The van der Waals surface area contributed by atoms with Gasteiger partial charge in [0.15, 0.2) is 0 Å². The van der Waals surface area contributed by atoms with Crippen molar-refractivity contribution in [1.82, 2.24) is 25.5 Å². The van der Waals surface area contributed by atoms with E-state index in [2.05, 4.69) is 44.6 Å². The first kappa shape index (κ1) is 36.3. The monoisotopic (exact) mass is 692 g/mol. The topological polar surface area (TPSA) is 148 Å². The summed E-state index contributed by atoms with van der Waals surface area (Å²) in [5, 5.41) is 20.0. The number of benzene rings is 3. The Balaban J connectivity index is 1.03. The lowest BCUT2D eigenvalue weighted by atomic mass is 10.0. The van der Waals surface area contributed by atoms with Gasteiger partial charge in [0, 0.05) is 59.3 Å². The van der Waals surface area contributed by atoms with Crippen LogP contribution in [0.1, 0.15) is 62.6 Å². The van der Waals surface area contributed by atoms with Crippen LogP contribution in [0.25, 0.3) is 5.82 Å². The number of aliphatic hydroxyl groups excluding tert-OH is 1. The number of hydrogen-bond acceptors (Lipinski definition) is 7. The fraction of sp³-hybridized carbons (Fsp3) is 0.256. The first-order valence-electron chi connectivity index (χ1n) is 16.5. The van der Waals surface area contributed by atoms with Crippen molar-refractivity contribution in [3.05, 3.63) is 148 Å². The summed E-state index contributed by atoms with van der Waals surface area (Å²) in [6, 6.07) is 29.3. The van der Waals surface area contributed by atoms with E-state index in [1.165, 1.54) is 12.1 Å². The van der Waals surface area contributed by atoms with Crippen LogP contribution in [0, 0.1) is 13.8 Å². The lowest BCUT2D eigenvalue weighted by Gasteiger charge is -2.18. The third-order valence-corrected chi connectivity index (χ3v) is 9.15. The van der Waals surface area contributed by atoms with E-state index in [1.54, 1.807) is 42.6 Å². The summed E-state index contributed by atoms with van der Waals surface area (Å²) in [4.78, 5) is 30.1. The summed E-state index contributed by atoms with van der Waals surface area (Å²) in [5.74, 6) is 0.471. The number of aromatic nitrogens is 2.